The number of fused-ring (bicyclic) bond motifs is 2. The van der Waals surface area contributed by atoms with E-state index >= 15 is 0 Å². The summed E-state index contributed by atoms with van der Waals surface area (Å²) in [6, 6.07) is 8.60. The first-order valence-corrected chi connectivity index (χ1v) is 7.31. The third-order valence-electron chi connectivity index (χ3n) is 4.04. The number of rotatable bonds is 0. The summed E-state index contributed by atoms with van der Waals surface area (Å²) >= 11 is 2.40. The van der Waals surface area contributed by atoms with Crippen molar-refractivity contribution in [1.82, 2.24) is 0 Å². The quantitative estimate of drug-likeness (QED) is 0.525. The molecule has 1 aliphatic heterocycles. The number of anilines is 1. The van der Waals surface area contributed by atoms with E-state index < -0.39 is 0 Å². The van der Waals surface area contributed by atoms with Gasteiger partial charge in [-0.1, -0.05) is 25.0 Å². The van der Waals surface area contributed by atoms with Crippen LogP contribution in [0.25, 0.3) is 0 Å². The van der Waals surface area contributed by atoms with Crippen LogP contribution < -0.4 is 3.11 Å². The highest BCUT2D eigenvalue weighted by Crippen LogP contribution is 2.40. The highest BCUT2D eigenvalue weighted by Gasteiger charge is 2.35. The summed E-state index contributed by atoms with van der Waals surface area (Å²) in [6.45, 7) is 0. The summed E-state index contributed by atoms with van der Waals surface area (Å²) in [5.74, 6) is 0.886. The zero-order valence-electron chi connectivity index (χ0n) is 9.73. The van der Waals surface area contributed by atoms with Gasteiger partial charge < -0.3 is 3.11 Å². The summed E-state index contributed by atoms with van der Waals surface area (Å²) in [6.07, 6.45) is 5.77. The van der Waals surface area contributed by atoms with Gasteiger partial charge in [-0.3, -0.25) is 4.79 Å². The van der Waals surface area contributed by atoms with Gasteiger partial charge in [0.25, 0.3) is 0 Å². The second-order valence-electron chi connectivity index (χ2n) is 5.07. The minimum Gasteiger partial charge on any atom is -0.311 e. The van der Waals surface area contributed by atoms with Crippen molar-refractivity contribution in [2.24, 2.45) is 5.92 Å². The van der Waals surface area contributed by atoms with Gasteiger partial charge in [-0.25, -0.2) is 0 Å². The van der Waals surface area contributed by atoms with E-state index in [-0.39, 0.29) is 0 Å². The van der Waals surface area contributed by atoms with E-state index in [1.54, 1.807) is 0 Å². The van der Waals surface area contributed by atoms with Gasteiger partial charge in [0.05, 0.1) is 28.6 Å². The van der Waals surface area contributed by atoms with Gasteiger partial charge in [-0.2, -0.15) is 0 Å². The molecule has 2 atom stereocenters. The lowest BCUT2D eigenvalue weighted by atomic mass is 9.82. The first kappa shape index (κ1) is 11.5. The van der Waals surface area contributed by atoms with Crippen molar-refractivity contribution in [3.63, 3.8) is 0 Å². The summed E-state index contributed by atoms with van der Waals surface area (Å²) in [7, 11) is 0. The molecule has 0 N–H and O–H groups in total. The van der Waals surface area contributed by atoms with Gasteiger partial charge in [0.2, 0.25) is 0 Å². The van der Waals surface area contributed by atoms with Crippen molar-refractivity contribution in [2.75, 3.05) is 3.11 Å². The minimum absolute atomic E-state index is 0.330. The zero-order chi connectivity index (χ0) is 11.8. The van der Waals surface area contributed by atoms with Crippen LogP contribution >= 0.6 is 22.9 Å². The molecular formula is C14H16INO. The first-order chi connectivity index (χ1) is 8.27. The molecule has 0 saturated heterocycles. The summed E-state index contributed by atoms with van der Waals surface area (Å²) < 4.78 is 2.32. The fourth-order valence-electron chi connectivity index (χ4n) is 3.15. The number of nitrogens with zero attached hydrogens (tertiary/aromatic N) is 1. The smallest absolute Gasteiger partial charge is 0.165 e. The van der Waals surface area contributed by atoms with Gasteiger partial charge in [0.1, 0.15) is 0 Å². The third-order valence-corrected chi connectivity index (χ3v) is 5.28. The van der Waals surface area contributed by atoms with Crippen LogP contribution in [0.1, 0.15) is 42.5 Å². The normalized spacial score (nSPS) is 28.3. The van der Waals surface area contributed by atoms with Crippen molar-refractivity contribution in [1.29, 1.82) is 0 Å². The maximum atomic E-state index is 12.3. The Morgan fingerprint density at radius 3 is 2.82 bits per heavy atom. The maximum Gasteiger partial charge on any atom is 0.165 e. The number of Topliss-reactive ketones (excluding diaryl/α,β-unsaturated/α-hetero) is 1. The molecule has 1 aliphatic carbocycles. The van der Waals surface area contributed by atoms with Crippen LogP contribution in [0.2, 0.25) is 0 Å². The molecule has 0 bridgehead atoms. The fourth-order valence-corrected chi connectivity index (χ4v) is 4.30. The minimum atomic E-state index is 0.330. The van der Waals surface area contributed by atoms with Gasteiger partial charge >= 0.3 is 0 Å². The van der Waals surface area contributed by atoms with Crippen LogP contribution in [-0.4, -0.2) is 11.8 Å². The Morgan fingerprint density at radius 1 is 1.18 bits per heavy atom. The maximum absolute atomic E-state index is 12.3. The van der Waals surface area contributed by atoms with Crippen LogP contribution in [0.3, 0.4) is 0 Å². The topological polar surface area (TPSA) is 20.3 Å². The molecule has 1 aromatic carbocycles. The lowest BCUT2D eigenvalue weighted by Gasteiger charge is -2.35. The molecule has 0 radical (unpaired) electrons. The molecule has 0 spiro atoms. The number of ketones is 1. The fraction of sp³-hybridized carbons (Fsp3) is 0.500. The Kier molecular flexibility index (Phi) is 3.11. The van der Waals surface area contributed by atoms with Gasteiger partial charge in [-0.05, 0) is 30.9 Å². The molecule has 2 aliphatic rings. The SMILES string of the molecule is O=C1CC2CCCCC2N(I)c2ccccc21. The molecule has 0 amide bonds. The predicted molar refractivity (Wildman–Crippen MR) is 77.6 cm³/mol. The number of benzene rings is 1. The molecule has 0 aromatic heterocycles. The van der Waals surface area contributed by atoms with Crippen LogP contribution in [0.5, 0.6) is 0 Å². The molecule has 1 fully saturated rings. The molecule has 2 nitrogen and oxygen atoms in total. The number of hydrogen-bond acceptors (Lipinski definition) is 2. The summed E-state index contributed by atoms with van der Waals surface area (Å²) in [5.41, 5.74) is 2.03. The predicted octanol–water partition coefficient (Wildman–Crippen LogP) is 3.99. The Balaban J connectivity index is 2.05. The van der Waals surface area contributed by atoms with E-state index in [0.29, 0.717) is 17.7 Å². The van der Waals surface area contributed by atoms with E-state index in [0.717, 1.165) is 17.7 Å². The molecule has 1 heterocycles. The van der Waals surface area contributed by atoms with Gasteiger partial charge in [0, 0.05) is 18.0 Å². The van der Waals surface area contributed by atoms with E-state index in [4.69, 9.17) is 0 Å². The lowest BCUT2D eigenvalue weighted by Crippen LogP contribution is -2.35. The van der Waals surface area contributed by atoms with Crippen molar-refractivity contribution in [2.45, 2.75) is 38.1 Å². The van der Waals surface area contributed by atoms with Crippen LogP contribution in [0.4, 0.5) is 5.69 Å². The Hall–Kier alpha value is -0.580. The molecule has 90 valence electrons. The third kappa shape index (κ3) is 1.98. The van der Waals surface area contributed by atoms with E-state index in [1.165, 1.54) is 25.7 Å². The number of carbonyl (C=O) groups is 1. The number of carbonyl (C=O) groups excluding carboxylic acids is 1. The highest BCUT2D eigenvalue weighted by atomic mass is 127. The molecule has 3 heteroatoms. The standard InChI is InChI=1S/C14H16INO/c15-16-12-7-3-1-5-10(12)9-14(17)11-6-2-4-8-13(11)16/h2,4,6,8,10,12H,1,3,5,7,9H2. The number of hydrogen-bond donors (Lipinski definition) is 0. The van der Waals surface area contributed by atoms with E-state index in [9.17, 15) is 4.79 Å². The van der Waals surface area contributed by atoms with Gasteiger partial charge in [-0.15, -0.1) is 0 Å². The molecular weight excluding hydrogens is 325 g/mol. The van der Waals surface area contributed by atoms with Crippen LogP contribution in [-0.2, 0) is 0 Å². The average molecular weight is 341 g/mol. The first-order valence-electron chi connectivity index (χ1n) is 6.34. The van der Waals surface area contributed by atoms with Crippen molar-refractivity contribution < 1.29 is 4.79 Å². The second-order valence-corrected chi connectivity index (χ2v) is 6.11. The van der Waals surface area contributed by atoms with Crippen LogP contribution in [0, 0.1) is 5.92 Å². The Labute approximate surface area is 116 Å². The largest absolute Gasteiger partial charge is 0.311 e. The van der Waals surface area contributed by atoms with Gasteiger partial charge in [0.15, 0.2) is 5.78 Å². The average Bonchev–Trinajstić information content (AvgIpc) is 2.48. The lowest BCUT2D eigenvalue weighted by molar-refractivity contribution is 0.0951. The van der Waals surface area contributed by atoms with E-state index in [1.807, 2.05) is 18.2 Å². The Bertz CT molecular complexity index is 446. The monoisotopic (exact) mass is 341 g/mol. The van der Waals surface area contributed by atoms with E-state index in [2.05, 4.69) is 32.0 Å². The van der Waals surface area contributed by atoms with Crippen LogP contribution in [0.15, 0.2) is 24.3 Å². The highest BCUT2D eigenvalue weighted by molar-refractivity contribution is 14.1. The molecule has 1 saturated carbocycles. The molecule has 1 aromatic rings. The molecule has 17 heavy (non-hydrogen) atoms. The summed E-state index contributed by atoms with van der Waals surface area (Å²) in [4.78, 5) is 12.3. The summed E-state index contributed by atoms with van der Waals surface area (Å²) in [5, 5.41) is 0. The van der Waals surface area contributed by atoms with Crippen molar-refractivity contribution in [3.05, 3.63) is 29.8 Å². The number of halogens is 1. The second kappa shape index (κ2) is 4.59. The van der Waals surface area contributed by atoms with Crippen molar-refractivity contribution >= 4 is 34.3 Å². The van der Waals surface area contributed by atoms with Crippen molar-refractivity contribution in [3.8, 4) is 0 Å². The Morgan fingerprint density at radius 2 is 1.94 bits per heavy atom. The zero-order valence-corrected chi connectivity index (χ0v) is 11.9. The molecule has 3 rings (SSSR count). The number of para-hydroxylation sites is 1. The molecule has 2 unspecified atom stereocenters.